The van der Waals surface area contributed by atoms with Crippen LogP contribution in [0, 0.1) is 0 Å². The van der Waals surface area contributed by atoms with E-state index in [0.717, 1.165) is 12.8 Å². The number of rotatable bonds is 6. The molecule has 0 aromatic rings. The molecule has 1 unspecified atom stereocenters. The van der Waals surface area contributed by atoms with Gasteiger partial charge in [-0.15, -0.1) is 0 Å². The monoisotopic (exact) mass is 201 g/mol. The second-order valence-corrected chi connectivity index (χ2v) is 3.90. The van der Waals surface area contributed by atoms with Crippen molar-refractivity contribution in [3.05, 3.63) is 0 Å². The first-order valence-corrected chi connectivity index (χ1v) is 5.06. The number of carbonyl (C=O) groups is 1. The summed E-state index contributed by atoms with van der Waals surface area (Å²) >= 11 is 0. The molecule has 1 atom stereocenters. The Hall–Kier alpha value is -0.610. The normalized spacial score (nSPS) is 20.2. The minimum Gasteiger partial charge on any atom is -0.465 e. The Morgan fingerprint density at radius 3 is 2.64 bits per heavy atom. The number of carbonyl (C=O) groups excluding carboxylic acids is 1. The summed E-state index contributed by atoms with van der Waals surface area (Å²) in [7, 11) is 1.59. The number of esters is 1. The second-order valence-electron chi connectivity index (χ2n) is 3.90. The molecule has 0 amide bonds. The summed E-state index contributed by atoms with van der Waals surface area (Å²) in [6, 6.07) is 0.458. The van der Waals surface area contributed by atoms with Crippen molar-refractivity contribution in [1.82, 2.24) is 5.32 Å². The molecule has 14 heavy (non-hydrogen) atoms. The third-order valence-electron chi connectivity index (χ3n) is 2.26. The van der Waals surface area contributed by atoms with Crippen LogP contribution in [0.4, 0.5) is 0 Å². The average Bonchev–Trinajstić information content (AvgIpc) is 2.89. The fourth-order valence-corrected chi connectivity index (χ4v) is 1.42. The summed E-state index contributed by atoms with van der Waals surface area (Å²) in [5.41, 5.74) is -0.689. The first kappa shape index (κ1) is 11.5. The summed E-state index contributed by atoms with van der Waals surface area (Å²) in [6.07, 6.45) is 2.28. The van der Waals surface area contributed by atoms with Gasteiger partial charge in [0.15, 0.2) is 0 Å². The maximum atomic E-state index is 11.7. The van der Waals surface area contributed by atoms with Crippen LogP contribution in [0.1, 0.15) is 26.7 Å². The van der Waals surface area contributed by atoms with Crippen LogP contribution in [0.2, 0.25) is 0 Å². The Morgan fingerprint density at radius 2 is 2.21 bits per heavy atom. The van der Waals surface area contributed by atoms with Gasteiger partial charge in [-0.1, -0.05) is 0 Å². The summed E-state index contributed by atoms with van der Waals surface area (Å²) < 4.78 is 10.0. The van der Waals surface area contributed by atoms with E-state index in [0.29, 0.717) is 19.3 Å². The maximum absolute atomic E-state index is 11.7. The Labute approximate surface area is 85.0 Å². The van der Waals surface area contributed by atoms with E-state index in [2.05, 4.69) is 5.32 Å². The van der Waals surface area contributed by atoms with E-state index in [4.69, 9.17) is 9.47 Å². The number of ether oxygens (including phenoxy) is 2. The van der Waals surface area contributed by atoms with Crippen LogP contribution >= 0.6 is 0 Å². The molecular weight excluding hydrogens is 182 g/mol. The van der Waals surface area contributed by atoms with Crippen molar-refractivity contribution in [2.45, 2.75) is 38.3 Å². The van der Waals surface area contributed by atoms with Crippen LogP contribution in [0.25, 0.3) is 0 Å². The van der Waals surface area contributed by atoms with E-state index in [1.54, 1.807) is 7.11 Å². The smallest absolute Gasteiger partial charge is 0.328 e. The second kappa shape index (κ2) is 4.75. The van der Waals surface area contributed by atoms with Crippen molar-refractivity contribution >= 4 is 5.97 Å². The number of nitrogens with one attached hydrogen (secondary N) is 1. The highest BCUT2D eigenvalue weighted by atomic mass is 16.5. The fourth-order valence-electron chi connectivity index (χ4n) is 1.42. The van der Waals surface area contributed by atoms with Crippen LogP contribution in [0.5, 0.6) is 0 Å². The minimum atomic E-state index is -0.689. The van der Waals surface area contributed by atoms with Gasteiger partial charge in [0.25, 0.3) is 0 Å². The van der Waals surface area contributed by atoms with Crippen molar-refractivity contribution in [3.63, 3.8) is 0 Å². The lowest BCUT2D eigenvalue weighted by Crippen LogP contribution is -2.54. The molecule has 1 saturated carbocycles. The lowest BCUT2D eigenvalue weighted by Gasteiger charge is -2.27. The summed E-state index contributed by atoms with van der Waals surface area (Å²) in [6.45, 7) is 4.39. The Morgan fingerprint density at radius 1 is 1.57 bits per heavy atom. The highest BCUT2D eigenvalue weighted by Crippen LogP contribution is 2.23. The van der Waals surface area contributed by atoms with Gasteiger partial charge in [0.05, 0.1) is 13.2 Å². The number of hydrogen-bond donors (Lipinski definition) is 1. The zero-order valence-corrected chi connectivity index (χ0v) is 9.13. The van der Waals surface area contributed by atoms with Gasteiger partial charge < -0.3 is 9.47 Å². The summed E-state index contributed by atoms with van der Waals surface area (Å²) in [4.78, 5) is 11.7. The van der Waals surface area contributed by atoms with Gasteiger partial charge in [0, 0.05) is 13.2 Å². The molecule has 0 saturated heterocycles. The molecule has 1 fully saturated rings. The SMILES string of the molecule is CCOC(=O)C(C)(COC)NC1CC1. The summed E-state index contributed by atoms with van der Waals surface area (Å²) in [5.74, 6) is -0.228. The van der Waals surface area contributed by atoms with E-state index in [1.165, 1.54) is 0 Å². The molecule has 0 aromatic carbocycles. The third-order valence-corrected chi connectivity index (χ3v) is 2.26. The summed E-state index contributed by atoms with van der Waals surface area (Å²) in [5, 5.41) is 3.25. The molecule has 0 heterocycles. The number of hydrogen-bond acceptors (Lipinski definition) is 4. The van der Waals surface area contributed by atoms with Crippen LogP contribution in [-0.2, 0) is 14.3 Å². The molecule has 0 aromatic heterocycles. The third kappa shape index (κ3) is 2.96. The standard InChI is InChI=1S/C10H19NO3/c1-4-14-9(12)10(2,7-13-3)11-8-5-6-8/h8,11H,4-7H2,1-3H3. The highest BCUT2D eigenvalue weighted by molar-refractivity contribution is 5.80. The van der Waals surface area contributed by atoms with Gasteiger partial charge in [-0.05, 0) is 26.7 Å². The van der Waals surface area contributed by atoms with Gasteiger partial charge in [0.2, 0.25) is 0 Å². The predicted octanol–water partition coefficient (Wildman–Crippen LogP) is 0.707. The predicted molar refractivity (Wildman–Crippen MR) is 53.1 cm³/mol. The van der Waals surface area contributed by atoms with Gasteiger partial charge >= 0.3 is 5.97 Å². The van der Waals surface area contributed by atoms with Gasteiger partial charge in [-0.2, -0.15) is 0 Å². The molecule has 0 bridgehead atoms. The zero-order valence-electron chi connectivity index (χ0n) is 9.13. The van der Waals surface area contributed by atoms with Crippen LogP contribution in [-0.4, -0.2) is 37.9 Å². The van der Waals surface area contributed by atoms with E-state index in [-0.39, 0.29) is 5.97 Å². The first-order chi connectivity index (χ1) is 6.62. The van der Waals surface area contributed by atoms with Crippen molar-refractivity contribution in [1.29, 1.82) is 0 Å². The molecule has 0 radical (unpaired) electrons. The largest absolute Gasteiger partial charge is 0.465 e. The lowest BCUT2D eigenvalue weighted by atomic mass is 10.0. The van der Waals surface area contributed by atoms with Crippen LogP contribution in [0.15, 0.2) is 0 Å². The quantitative estimate of drug-likeness (QED) is 0.643. The molecule has 4 nitrogen and oxygen atoms in total. The first-order valence-electron chi connectivity index (χ1n) is 5.06. The Balaban J connectivity index is 2.52. The van der Waals surface area contributed by atoms with Gasteiger partial charge in [0.1, 0.15) is 5.54 Å². The van der Waals surface area contributed by atoms with Crippen LogP contribution in [0.3, 0.4) is 0 Å². The Kier molecular flexibility index (Phi) is 3.89. The van der Waals surface area contributed by atoms with E-state index >= 15 is 0 Å². The number of methoxy groups -OCH3 is 1. The Bertz CT molecular complexity index is 204. The van der Waals surface area contributed by atoms with Crippen molar-refractivity contribution in [2.24, 2.45) is 0 Å². The van der Waals surface area contributed by atoms with E-state index in [9.17, 15) is 4.79 Å². The van der Waals surface area contributed by atoms with E-state index < -0.39 is 5.54 Å². The molecule has 1 aliphatic carbocycles. The van der Waals surface area contributed by atoms with Gasteiger partial charge in [-0.25, -0.2) is 4.79 Å². The molecule has 0 aliphatic heterocycles. The zero-order chi connectivity index (χ0) is 10.6. The molecule has 1 N–H and O–H groups in total. The van der Waals surface area contributed by atoms with Crippen molar-refractivity contribution in [3.8, 4) is 0 Å². The molecule has 0 spiro atoms. The van der Waals surface area contributed by atoms with E-state index in [1.807, 2.05) is 13.8 Å². The molecule has 4 heteroatoms. The minimum absolute atomic E-state index is 0.228. The molecule has 1 aliphatic rings. The van der Waals surface area contributed by atoms with Gasteiger partial charge in [-0.3, -0.25) is 5.32 Å². The molecular formula is C10H19NO3. The fraction of sp³-hybridized carbons (Fsp3) is 0.900. The highest BCUT2D eigenvalue weighted by Gasteiger charge is 2.39. The van der Waals surface area contributed by atoms with Crippen molar-refractivity contribution < 1.29 is 14.3 Å². The average molecular weight is 201 g/mol. The van der Waals surface area contributed by atoms with Crippen molar-refractivity contribution in [2.75, 3.05) is 20.3 Å². The molecule has 1 rings (SSSR count). The lowest BCUT2D eigenvalue weighted by molar-refractivity contribution is -0.152. The maximum Gasteiger partial charge on any atom is 0.328 e. The molecule has 82 valence electrons. The topological polar surface area (TPSA) is 47.6 Å². The van der Waals surface area contributed by atoms with Crippen LogP contribution < -0.4 is 5.32 Å².